The van der Waals surface area contributed by atoms with E-state index in [0.717, 1.165) is 5.56 Å². The van der Waals surface area contributed by atoms with Gasteiger partial charge in [0.1, 0.15) is 0 Å². The van der Waals surface area contributed by atoms with Gasteiger partial charge in [0, 0.05) is 6.04 Å². The number of benzene rings is 2. The summed E-state index contributed by atoms with van der Waals surface area (Å²) in [7, 11) is 1.44. The Morgan fingerprint density at radius 2 is 1.80 bits per heavy atom. The number of hydrogen-bond acceptors (Lipinski definition) is 2. The maximum Gasteiger partial charge on any atom is 0.165 e. The molecule has 0 fully saturated rings. The zero-order chi connectivity index (χ0) is 14.7. The summed E-state index contributed by atoms with van der Waals surface area (Å²) >= 11 is 12.2. The van der Waals surface area contributed by atoms with E-state index in [2.05, 4.69) is 5.32 Å². The minimum absolute atomic E-state index is 0.0955. The van der Waals surface area contributed by atoms with E-state index in [-0.39, 0.29) is 17.6 Å². The van der Waals surface area contributed by atoms with Gasteiger partial charge in [-0.1, -0.05) is 35.3 Å². The van der Waals surface area contributed by atoms with Crippen molar-refractivity contribution in [1.29, 1.82) is 0 Å². The van der Waals surface area contributed by atoms with Crippen LogP contribution < -0.4 is 10.1 Å². The van der Waals surface area contributed by atoms with Gasteiger partial charge < -0.3 is 10.1 Å². The highest BCUT2D eigenvalue weighted by Gasteiger charge is 2.12. The van der Waals surface area contributed by atoms with E-state index in [1.54, 1.807) is 30.3 Å². The molecular weight excluding hydrogens is 300 g/mol. The molecule has 0 spiro atoms. The zero-order valence-electron chi connectivity index (χ0n) is 11.1. The molecule has 1 N–H and O–H groups in total. The molecule has 5 heteroatoms. The molecule has 2 nitrogen and oxygen atoms in total. The van der Waals surface area contributed by atoms with Crippen molar-refractivity contribution in [2.75, 3.05) is 12.4 Å². The van der Waals surface area contributed by atoms with Crippen LogP contribution in [0.4, 0.5) is 10.1 Å². The van der Waals surface area contributed by atoms with Gasteiger partial charge >= 0.3 is 0 Å². The van der Waals surface area contributed by atoms with Gasteiger partial charge in [0.2, 0.25) is 0 Å². The number of halogens is 3. The van der Waals surface area contributed by atoms with E-state index >= 15 is 0 Å². The average Bonchev–Trinajstić information content (AvgIpc) is 2.43. The number of hydrogen-bond donors (Lipinski definition) is 1. The van der Waals surface area contributed by atoms with Crippen molar-refractivity contribution < 1.29 is 9.13 Å². The van der Waals surface area contributed by atoms with Crippen LogP contribution in [-0.2, 0) is 0 Å². The smallest absolute Gasteiger partial charge is 0.165 e. The molecule has 0 saturated carbocycles. The van der Waals surface area contributed by atoms with Gasteiger partial charge in [0.25, 0.3) is 0 Å². The lowest BCUT2D eigenvalue weighted by Gasteiger charge is -2.18. The maximum absolute atomic E-state index is 13.4. The number of para-hydroxylation sites is 1. The second-order valence-corrected chi connectivity index (χ2v) is 5.17. The molecule has 0 aliphatic carbocycles. The van der Waals surface area contributed by atoms with Gasteiger partial charge in [-0.3, -0.25) is 0 Å². The fraction of sp³-hybridized carbons (Fsp3) is 0.200. The van der Waals surface area contributed by atoms with Crippen LogP contribution in [0.1, 0.15) is 18.5 Å². The summed E-state index contributed by atoms with van der Waals surface area (Å²) in [6.45, 7) is 1.94. The number of anilines is 1. The summed E-state index contributed by atoms with van der Waals surface area (Å²) in [6.07, 6.45) is 0. The molecule has 2 aromatic carbocycles. The highest BCUT2D eigenvalue weighted by Crippen LogP contribution is 2.33. The van der Waals surface area contributed by atoms with Crippen molar-refractivity contribution in [2.24, 2.45) is 0 Å². The number of ether oxygens (including phenoxy) is 1. The summed E-state index contributed by atoms with van der Waals surface area (Å²) in [5.74, 6) is -0.180. The number of methoxy groups -OCH3 is 1. The maximum atomic E-state index is 13.4. The molecule has 1 atom stereocenters. The van der Waals surface area contributed by atoms with Crippen molar-refractivity contribution in [3.8, 4) is 5.75 Å². The van der Waals surface area contributed by atoms with Crippen LogP contribution >= 0.6 is 23.2 Å². The van der Waals surface area contributed by atoms with Crippen molar-refractivity contribution in [3.63, 3.8) is 0 Å². The molecule has 0 aliphatic rings. The second kappa shape index (κ2) is 6.33. The molecule has 0 heterocycles. The van der Waals surface area contributed by atoms with Crippen molar-refractivity contribution >= 4 is 28.9 Å². The quantitative estimate of drug-likeness (QED) is 0.825. The summed E-state index contributed by atoms with van der Waals surface area (Å²) in [6, 6.07) is 9.92. The van der Waals surface area contributed by atoms with Crippen LogP contribution in [0.3, 0.4) is 0 Å². The first-order valence-electron chi connectivity index (χ1n) is 6.07. The van der Waals surface area contributed by atoms with E-state index in [1.165, 1.54) is 13.2 Å². The molecule has 0 radical (unpaired) electrons. The van der Waals surface area contributed by atoms with Gasteiger partial charge in [-0.25, -0.2) is 4.39 Å². The third kappa shape index (κ3) is 3.17. The SMILES string of the molecule is COc1cc(C(C)Nc2c(Cl)cccc2Cl)ccc1F. The molecule has 0 amide bonds. The van der Waals surface area contributed by atoms with Crippen LogP contribution in [0.15, 0.2) is 36.4 Å². The highest BCUT2D eigenvalue weighted by atomic mass is 35.5. The molecule has 2 rings (SSSR count). The second-order valence-electron chi connectivity index (χ2n) is 4.36. The Kier molecular flexibility index (Phi) is 4.73. The predicted molar refractivity (Wildman–Crippen MR) is 81.5 cm³/mol. The Hall–Kier alpha value is -1.45. The monoisotopic (exact) mass is 313 g/mol. The first kappa shape index (κ1) is 14.9. The molecule has 0 bridgehead atoms. The lowest BCUT2D eigenvalue weighted by molar-refractivity contribution is 0.385. The van der Waals surface area contributed by atoms with Gasteiger partial charge in [-0.05, 0) is 36.8 Å². The summed E-state index contributed by atoms with van der Waals surface area (Å²) < 4.78 is 18.4. The summed E-state index contributed by atoms with van der Waals surface area (Å²) in [5.41, 5.74) is 1.53. The van der Waals surface area contributed by atoms with Crippen LogP contribution in [0, 0.1) is 5.82 Å². The third-order valence-electron chi connectivity index (χ3n) is 3.00. The first-order chi connectivity index (χ1) is 9.52. The normalized spacial score (nSPS) is 12.1. The summed E-state index contributed by atoms with van der Waals surface area (Å²) in [4.78, 5) is 0. The molecule has 0 aromatic heterocycles. The topological polar surface area (TPSA) is 21.3 Å². The van der Waals surface area contributed by atoms with E-state index in [1.807, 2.05) is 6.92 Å². The zero-order valence-corrected chi connectivity index (χ0v) is 12.6. The molecule has 1 unspecified atom stereocenters. The van der Waals surface area contributed by atoms with Crippen molar-refractivity contribution in [3.05, 3.63) is 57.8 Å². The first-order valence-corrected chi connectivity index (χ1v) is 6.82. The van der Waals surface area contributed by atoms with E-state index in [4.69, 9.17) is 27.9 Å². The molecule has 2 aromatic rings. The Morgan fingerprint density at radius 3 is 2.40 bits per heavy atom. The van der Waals surface area contributed by atoms with Gasteiger partial charge in [0.15, 0.2) is 11.6 Å². The van der Waals surface area contributed by atoms with Crippen LogP contribution in [0.5, 0.6) is 5.75 Å². The van der Waals surface area contributed by atoms with Crippen LogP contribution in [-0.4, -0.2) is 7.11 Å². The number of nitrogens with one attached hydrogen (secondary N) is 1. The summed E-state index contributed by atoms with van der Waals surface area (Å²) in [5, 5.41) is 4.30. The fourth-order valence-electron chi connectivity index (χ4n) is 1.88. The van der Waals surface area contributed by atoms with Gasteiger partial charge in [-0.15, -0.1) is 0 Å². The molecule has 106 valence electrons. The molecule has 0 saturated heterocycles. The molecule has 0 aliphatic heterocycles. The van der Waals surface area contributed by atoms with Crippen molar-refractivity contribution in [2.45, 2.75) is 13.0 Å². The van der Waals surface area contributed by atoms with Crippen LogP contribution in [0.2, 0.25) is 10.0 Å². The molecule has 20 heavy (non-hydrogen) atoms. The standard InChI is InChI=1S/C15H14Cl2FNO/c1-9(10-6-7-13(18)14(8-10)20-2)19-15-11(16)4-3-5-12(15)17/h3-9,19H,1-2H3. The van der Waals surface area contributed by atoms with E-state index in [9.17, 15) is 4.39 Å². The Bertz CT molecular complexity index is 599. The minimum atomic E-state index is -0.390. The largest absolute Gasteiger partial charge is 0.494 e. The average molecular weight is 314 g/mol. The van der Waals surface area contributed by atoms with Gasteiger partial charge in [0.05, 0.1) is 22.8 Å². The van der Waals surface area contributed by atoms with Gasteiger partial charge in [-0.2, -0.15) is 0 Å². The Labute approximate surface area is 127 Å². The minimum Gasteiger partial charge on any atom is -0.494 e. The third-order valence-corrected chi connectivity index (χ3v) is 3.63. The Balaban J connectivity index is 2.26. The Morgan fingerprint density at radius 1 is 1.15 bits per heavy atom. The molecular formula is C15H14Cl2FNO. The predicted octanol–water partition coefficient (Wildman–Crippen LogP) is 5.31. The fourth-order valence-corrected chi connectivity index (χ4v) is 2.39. The lowest BCUT2D eigenvalue weighted by atomic mass is 10.1. The van der Waals surface area contributed by atoms with Crippen LogP contribution in [0.25, 0.3) is 0 Å². The van der Waals surface area contributed by atoms with E-state index in [0.29, 0.717) is 15.7 Å². The lowest BCUT2D eigenvalue weighted by Crippen LogP contribution is -2.08. The van der Waals surface area contributed by atoms with Crippen molar-refractivity contribution in [1.82, 2.24) is 0 Å². The number of rotatable bonds is 4. The highest BCUT2D eigenvalue weighted by molar-refractivity contribution is 6.39. The van der Waals surface area contributed by atoms with E-state index < -0.39 is 0 Å².